The van der Waals surface area contributed by atoms with E-state index in [-0.39, 0.29) is 0 Å². The van der Waals surface area contributed by atoms with Crippen molar-refractivity contribution in [3.05, 3.63) is 28.8 Å². The highest BCUT2D eigenvalue weighted by atomic mass is 35.5. The smallest absolute Gasteiger partial charge is 0.0637 e. The molecule has 0 radical (unpaired) electrons. The second-order valence-corrected chi connectivity index (χ2v) is 5.54. The number of ether oxygens (including phenoxy) is 1. The molecule has 1 aliphatic heterocycles. The van der Waals surface area contributed by atoms with Crippen LogP contribution in [0.3, 0.4) is 0 Å². The van der Waals surface area contributed by atoms with Crippen molar-refractivity contribution in [2.45, 2.75) is 51.7 Å². The van der Waals surface area contributed by atoms with Gasteiger partial charge in [-0.15, -0.1) is 0 Å². The number of halogens is 1. The van der Waals surface area contributed by atoms with E-state index in [1.54, 1.807) is 0 Å². The van der Waals surface area contributed by atoms with Crippen molar-refractivity contribution in [2.75, 3.05) is 11.9 Å². The van der Waals surface area contributed by atoms with Gasteiger partial charge in [-0.2, -0.15) is 0 Å². The van der Waals surface area contributed by atoms with E-state index in [9.17, 15) is 0 Å². The summed E-state index contributed by atoms with van der Waals surface area (Å²) in [5.74, 6) is 0. The zero-order valence-electron chi connectivity index (χ0n) is 11.2. The van der Waals surface area contributed by atoms with Crippen molar-refractivity contribution >= 4 is 17.3 Å². The normalized spacial score (nSPS) is 23.9. The molecule has 1 N–H and O–H groups in total. The Hall–Kier alpha value is -0.730. The summed E-state index contributed by atoms with van der Waals surface area (Å²) in [5, 5.41) is 4.37. The van der Waals surface area contributed by atoms with Crippen LogP contribution in [0.25, 0.3) is 0 Å². The maximum atomic E-state index is 6.22. The van der Waals surface area contributed by atoms with Crippen LogP contribution in [0.2, 0.25) is 5.02 Å². The van der Waals surface area contributed by atoms with E-state index in [4.69, 9.17) is 16.3 Å². The third-order valence-electron chi connectivity index (χ3n) is 3.46. The second-order valence-electron chi connectivity index (χ2n) is 5.13. The molecule has 0 aromatic heterocycles. The van der Waals surface area contributed by atoms with Gasteiger partial charge in [0, 0.05) is 12.6 Å². The summed E-state index contributed by atoms with van der Waals surface area (Å²) in [5.41, 5.74) is 2.29. The molecular formula is C15H22ClNO. The Labute approximate surface area is 115 Å². The molecule has 100 valence electrons. The van der Waals surface area contributed by atoms with Crippen molar-refractivity contribution in [3.8, 4) is 0 Å². The molecule has 0 amide bonds. The van der Waals surface area contributed by atoms with E-state index in [1.165, 1.54) is 12.0 Å². The number of nitrogens with one attached hydrogen (secondary N) is 1. The van der Waals surface area contributed by atoms with Crippen molar-refractivity contribution in [3.63, 3.8) is 0 Å². The number of benzene rings is 1. The minimum atomic E-state index is 0.407. The van der Waals surface area contributed by atoms with Crippen LogP contribution < -0.4 is 5.32 Å². The van der Waals surface area contributed by atoms with Crippen LogP contribution in [0.5, 0.6) is 0 Å². The van der Waals surface area contributed by atoms with E-state index >= 15 is 0 Å². The molecule has 1 fully saturated rings. The van der Waals surface area contributed by atoms with Crippen LogP contribution in [-0.4, -0.2) is 18.8 Å². The van der Waals surface area contributed by atoms with Crippen LogP contribution >= 0.6 is 11.6 Å². The molecule has 1 aromatic rings. The molecule has 3 heteroatoms. The topological polar surface area (TPSA) is 21.3 Å². The van der Waals surface area contributed by atoms with Gasteiger partial charge in [-0.25, -0.2) is 0 Å². The summed E-state index contributed by atoms with van der Waals surface area (Å²) >= 11 is 6.22. The molecule has 0 aliphatic carbocycles. The average Bonchev–Trinajstić information content (AvgIpc) is 2.35. The summed E-state index contributed by atoms with van der Waals surface area (Å²) in [7, 11) is 0. The van der Waals surface area contributed by atoms with Crippen LogP contribution in [0.15, 0.2) is 18.2 Å². The Morgan fingerprint density at radius 1 is 1.44 bits per heavy atom. The van der Waals surface area contributed by atoms with Crippen LogP contribution in [0.1, 0.15) is 38.2 Å². The molecule has 0 bridgehead atoms. The Bertz CT molecular complexity index is 392. The van der Waals surface area contributed by atoms with Gasteiger partial charge in [0.2, 0.25) is 0 Å². The Morgan fingerprint density at radius 3 is 3.06 bits per heavy atom. The van der Waals surface area contributed by atoms with Gasteiger partial charge >= 0.3 is 0 Å². The highest BCUT2D eigenvalue weighted by molar-refractivity contribution is 6.33. The number of hydrogen-bond donors (Lipinski definition) is 1. The lowest BCUT2D eigenvalue weighted by atomic mass is 9.99. The molecule has 2 unspecified atom stereocenters. The standard InChI is InChI=1S/C15H22ClNO/c1-3-4-13-10-12(7-8-18-13)17-15-9-11(2)5-6-14(15)16/h5-6,9,12-13,17H,3-4,7-8,10H2,1-2H3. The number of aryl methyl sites for hydroxylation is 1. The van der Waals surface area contributed by atoms with Gasteiger partial charge in [-0.05, 0) is 43.9 Å². The van der Waals surface area contributed by atoms with Gasteiger partial charge in [-0.3, -0.25) is 0 Å². The number of anilines is 1. The molecule has 1 aliphatic rings. The molecule has 2 nitrogen and oxygen atoms in total. The van der Waals surface area contributed by atoms with Gasteiger partial charge in [-0.1, -0.05) is 31.0 Å². The lowest BCUT2D eigenvalue weighted by Gasteiger charge is -2.31. The quantitative estimate of drug-likeness (QED) is 0.873. The highest BCUT2D eigenvalue weighted by Crippen LogP contribution is 2.27. The van der Waals surface area contributed by atoms with Gasteiger partial charge < -0.3 is 10.1 Å². The number of rotatable bonds is 4. The van der Waals surface area contributed by atoms with E-state index in [1.807, 2.05) is 12.1 Å². The predicted octanol–water partition coefficient (Wildman–Crippen LogP) is 4.41. The molecule has 1 saturated heterocycles. The van der Waals surface area contributed by atoms with Crippen molar-refractivity contribution < 1.29 is 4.74 Å². The molecule has 0 spiro atoms. The summed E-state index contributed by atoms with van der Waals surface area (Å²) in [6, 6.07) is 6.60. The zero-order chi connectivity index (χ0) is 13.0. The minimum Gasteiger partial charge on any atom is -0.381 e. The van der Waals surface area contributed by atoms with Crippen LogP contribution in [0, 0.1) is 6.92 Å². The summed E-state index contributed by atoms with van der Waals surface area (Å²) in [6.45, 7) is 5.15. The maximum absolute atomic E-state index is 6.22. The molecule has 2 atom stereocenters. The van der Waals surface area contributed by atoms with E-state index in [0.29, 0.717) is 12.1 Å². The van der Waals surface area contributed by atoms with Crippen molar-refractivity contribution in [1.82, 2.24) is 0 Å². The SMILES string of the molecule is CCCC1CC(Nc2cc(C)ccc2Cl)CCO1. The zero-order valence-corrected chi connectivity index (χ0v) is 12.0. The molecule has 2 rings (SSSR count). The fourth-order valence-corrected chi connectivity index (χ4v) is 2.68. The third-order valence-corrected chi connectivity index (χ3v) is 3.79. The van der Waals surface area contributed by atoms with Gasteiger partial charge in [0.1, 0.15) is 0 Å². The van der Waals surface area contributed by atoms with Crippen LogP contribution in [0.4, 0.5) is 5.69 Å². The molecule has 1 heterocycles. The van der Waals surface area contributed by atoms with Gasteiger partial charge in [0.25, 0.3) is 0 Å². The lowest BCUT2D eigenvalue weighted by molar-refractivity contribution is 0.00598. The molecule has 18 heavy (non-hydrogen) atoms. The first-order chi connectivity index (χ1) is 8.69. The Balaban J connectivity index is 1.98. The summed E-state index contributed by atoms with van der Waals surface area (Å²) < 4.78 is 5.77. The first-order valence-electron chi connectivity index (χ1n) is 6.83. The van der Waals surface area contributed by atoms with Gasteiger partial charge in [0.15, 0.2) is 0 Å². The number of hydrogen-bond acceptors (Lipinski definition) is 2. The largest absolute Gasteiger partial charge is 0.381 e. The average molecular weight is 268 g/mol. The lowest BCUT2D eigenvalue weighted by Crippen LogP contribution is -2.34. The highest BCUT2D eigenvalue weighted by Gasteiger charge is 2.22. The summed E-state index contributed by atoms with van der Waals surface area (Å²) in [4.78, 5) is 0. The van der Waals surface area contributed by atoms with E-state index < -0.39 is 0 Å². The van der Waals surface area contributed by atoms with Crippen molar-refractivity contribution in [2.24, 2.45) is 0 Å². The van der Waals surface area contributed by atoms with Crippen LogP contribution in [-0.2, 0) is 4.74 Å². The molecule has 0 saturated carbocycles. The third kappa shape index (κ3) is 3.63. The molecule has 1 aromatic carbocycles. The Kier molecular flexibility index (Phi) is 4.90. The fourth-order valence-electron chi connectivity index (χ4n) is 2.50. The molecular weight excluding hydrogens is 246 g/mol. The summed E-state index contributed by atoms with van der Waals surface area (Å²) in [6.07, 6.45) is 4.88. The van der Waals surface area contributed by atoms with Crippen molar-refractivity contribution in [1.29, 1.82) is 0 Å². The predicted molar refractivity (Wildman–Crippen MR) is 77.5 cm³/mol. The first kappa shape index (κ1) is 13.7. The fraction of sp³-hybridized carbons (Fsp3) is 0.600. The van der Waals surface area contributed by atoms with Gasteiger partial charge in [0.05, 0.1) is 16.8 Å². The minimum absolute atomic E-state index is 0.407. The monoisotopic (exact) mass is 267 g/mol. The van der Waals surface area contributed by atoms with E-state index in [2.05, 4.69) is 25.2 Å². The maximum Gasteiger partial charge on any atom is 0.0637 e. The second kappa shape index (κ2) is 6.44. The first-order valence-corrected chi connectivity index (χ1v) is 7.21. The Morgan fingerprint density at radius 2 is 2.28 bits per heavy atom. The van der Waals surface area contributed by atoms with E-state index in [0.717, 1.165) is 36.6 Å².